The summed E-state index contributed by atoms with van der Waals surface area (Å²) < 4.78 is 38.8. The fraction of sp³-hybridized carbons (Fsp3) is 0.308. The van der Waals surface area contributed by atoms with Gasteiger partial charge in [0.15, 0.2) is 0 Å². The third-order valence-electron chi connectivity index (χ3n) is 6.13. The maximum Gasteiger partial charge on any atom is 0.416 e. The van der Waals surface area contributed by atoms with Gasteiger partial charge in [0.2, 0.25) is 11.8 Å². The van der Waals surface area contributed by atoms with E-state index in [0.717, 1.165) is 29.0 Å². The lowest BCUT2D eigenvalue weighted by atomic mass is 10.1. The van der Waals surface area contributed by atoms with Gasteiger partial charge >= 0.3 is 6.18 Å². The Morgan fingerprint density at radius 1 is 1.18 bits per heavy atom. The highest BCUT2D eigenvalue weighted by atomic mass is 35.5. The first-order valence-electron chi connectivity index (χ1n) is 12.1. The van der Waals surface area contributed by atoms with Crippen molar-refractivity contribution in [2.24, 2.45) is 5.73 Å². The first kappa shape index (κ1) is 28.5. The molecule has 0 saturated carbocycles. The van der Waals surface area contributed by atoms with Gasteiger partial charge < -0.3 is 21.3 Å². The number of benzene rings is 2. The lowest BCUT2D eigenvalue weighted by Crippen LogP contribution is -2.49. The number of carbonyl (C=O) groups is 3. The van der Waals surface area contributed by atoms with Crippen molar-refractivity contribution >= 4 is 46.3 Å². The van der Waals surface area contributed by atoms with Crippen LogP contribution in [0.2, 0.25) is 5.02 Å². The van der Waals surface area contributed by atoms with Gasteiger partial charge in [-0.05, 0) is 55.2 Å². The summed E-state index contributed by atoms with van der Waals surface area (Å²) in [6.07, 6.45) is -2.81. The van der Waals surface area contributed by atoms with Crippen LogP contribution in [-0.2, 0) is 22.3 Å². The predicted octanol–water partition coefficient (Wildman–Crippen LogP) is 4.69. The second kappa shape index (κ2) is 12.1. The van der Waals surface area contributed by atoms with Crippen molar-refractivity contribution in [3.8, 4) is 10.6 Å². The van der Waals surface area contributed by atoms with Crippen molar-refractivity contribution in [1.82, 2.24) is 15.2 Å². The molecule has 0 radical (unpaired) electrons. The zero-order valence-corrected chi connectivity index (χ0v) is 22.1. The minimum Gasteiger partial charge on any atom is -0.339 e. The number of rotatable bonds is 7. The zero-order chi connectivity index (χ0) is 28.2. The van der Waals surface area contributed by atoms with Gasteiger partial charge in [0.1, 0.15) is 16.7 Å². The molecule has 3 amide bonds. The molecule has 0 spiro atoms. The van der Waals surface area contributed by atoms with Gasteiger partial charge in [0.25, 0.3) is 5.91 Å². The number of amides is 3. The van der Waals surface area contributed by atoms with E-state index >= 15 is 0 Å². The molecule has 13 heteroatoms. The molecule has 8 nitrogen and oxygen atoms in total. The molecule has 3 aromatic rings. The number of hydrogen-bond acceptors (Lipinski definition) is 6. The summed E-state index contributed by atoms with van der Waals surface area (Å²) >= 11 is 7.10. The van der Waals surface area contributed by atoms with Crippen LogP contribution < -0.4 is 16.4 Å². The van der Waals surface area contributed by atoms with Crippen LogP contribution in [0.1, 0.15) is 40.9 Å². The van der Waals surface area contributed by atoms with Gasteiger partial charge in [-0.2, -0.15) is 13.2 Å². The number of nitrogens with zero attached hydrogens (tertiary/aromatic N) is 2. The number of hydrogen-bond donors (Lipinski definition) is 3. The Balaban J connectivity index is 1.40. The first-order chi connectivity index (χ1) is 18.5. The molecule has 1 atom stereocenters. The van der Waals surface area contributed by atoms with Gasteiger partial charge in [0.05, 0.1) is 17.1 Å². The van der Waals surface area contributed by atoms with Gasteiger partial charge in [-0.25, -0.2) is 4.98 Å². The largest absolute Gasteiger partial charge is 0.416 e. The lowest BCUT2D eigenvalue weighted by molar-refractivity contribution is -0.137. The van der Waals surface area contributed by atoms with Crippen LogP contribution in [0.4, 0.5) is 18.9 Å². The van der Waals surface area contributed by atoms with E-state index < -0.39 is 23.7 Å². The highest BCUT2D eigenvalue weighted by Gasteiger charge is 2.32. The van der Waals surface area contributed by atoms with E-state index in [1.807, 2.05) is 6.07 Å². The fourth-order valence-electron chi connectivity index (χ4n) is 4.14. The Kier molecular flexibility index (Phi) is 8.88. The van der Waals surface area contributed by atoms with E-state index in [-0.39, 0.29) is 39.6 Å². The van der Waals surface area contributed by atoms with Gasteiger partial charge in [0, 0.05) is 29.7 Å². The highest BCUT2D eigenvalue weighted by molar-refractivity contribution is 7.13. The fourth-order valence-corrected chi connectivity index (χ4v) is 5.31. The minimum absolute atomic E-state index is 0.00656. The van der Waals surface area contributed by atoms with Crippen LogP contribution in [0.5, 0.6) is 0 Å². The summed E-state index contributed by atoms with van der Waals surface area (Å²) in [7, 11) is 0. The minimum atomic E-state index is -4.54. The maximum absolute atomic E-state index is 13.2. The van der Waals surface area contributed by atoms with Gasteiger partial charge in [-0.1, -0.05) is 23.7 Å². The Labute approximate surface area is 231 Å². The number of likely N-dealkylation sites (tertiary alicyclic amines) is 1. The average Bonchev–Trinajstić information content (AvgIpc) is 3.32. The van der Waals surface area contributed by atoms with Crippen LogP contribution in [-0.4, -0.2) is 46.7 Å². The third-order valence-corrected chi connectivity index (χ3v) is 7.32. The molecule has 1 aliphatic heterocycles. The van der Waals surface area contributed by atoms with E-state index in [1.54, 1.807) is 18.2 Å². The van der Waals surface area contributed by atoms with Crippen LogP contribution in [0, 0.1) is 0 Å². The smallest absolute Gasteiger partial charge is 0.339 e. The third kappa shape index (κ3) is 7.14. The molecular formula is C26H25ClF3N5O3S. The summed E-state index contributed by atoms with van der Waals surface area (Å²) in [6, 6.07) is 9.15. The van der Waals surface area contributed by atoms with E-state index in [0.29, 0.717) is 38.0 Å². The number of nitrogens with one attached hydrogen (secondary N) is 2. The van der Waals surface area contributed by atoms with Crippen molar-refractivity contribution in [2.75, 3.05) is 18.4 Å². The van der Waals surface area contributed by atoms with Gasteiger partial charge in [-0.3, -0.25) is 14.4 Å². The van der Waals surface area contributed by atoms with Crippen molar-refractivity contribution in [2.45, 2.75) is 38.0 Å². The van der Waals surface area contributed by atoms with E-state index in [9.17, 15) is 27.6 Å². The number of aromatic nitrogens is 1. The number of nitrogens with two attached hydrogens (primary N) is 1. The van der Waals surface area contributed by atoms with Crippen LogP contribution in [0.3, 0.4) is 0 Å². The maximum atomic E-state index is 13.2. The molecule has 1 saturated heterocycles. The first-order valence-corrected chi connectivity index (χ1v) is 13.3. The van der Waals surface area contributed by atoms with E-state index in [1.165, 1.54) is 16.3 Å². The number of thiazole rings is 1. The van der Waals surface area contributed by atoms with Crippen molar-refractivity contribution in [1.29, 1.82) is 0 Å². The Bertz CT molecular complexity index is 1380. The molecule has 4 N–H and O–H groups in total. The highest BCUT2D eigenvalue weighted by Crippen LogP contribution is 2.36. The molecule has 1 unspecified atom stereocenters. The molecule has 2 heterocycles. The van der Waals surface area contributed by atoms with Crippen LogP contribution >= 0.6 is 22.9 Å². The summed E-state index contributed by atoms with van der Waals surface area (Å²) in [5.41, 5.74) is 6.44. The zero-order valence-electron chi connectivity index (χ0n) is 20.6. The molecule has 0 bridgehead atoms. The summed E-state index contributed by atoms with van der Waals surface area (Å²) in [5.74, 6) is -1.36. The normalized spacial score (nSPS) is 16.1. The van der Waals surface area contributed by atoms with Gasteiger partial charge in [-0.15, -0.1) is 11.3 Å². The molecule has 1 fully saturated rings. The lowest BCUT2D eigenvalue weighted by Gasteiger charge is -2.24. The SMILES string of the molecule is NCc1cccc(NC(=O)CN2CCCCC(NC(=O)c3csc(-c4ccc(C(F)(F)F)cc4Cl)n3)C2=O)c1. The molecule has 39 heavy (non-hydrogen) atoms. The Morgan fingerprint density at radius 3 is 2.69 bits per heavy atom. The standard InChI is InChI=1S/C26H25ClF3N5O3S/c27-19-11-16(26(28,29)30)7-8-18(19)24-34-21(14-39-24)23(37)33-20-6-1-2-9-35(25(20)38)13-22(36)32-17-5-3-4-15(10-17)12-31/h3-5,7-8,10-11,14,20H,1-2,6,9,12-13,31H2,(H,32,36)(H,33,37). The monoisotopic (exact) mass is 579 g/mol. The van der Waals surface area contributed by atoms with E-state index in [4.69, 9.17) is 17.3 Å². The van der Waals surface area contributed by atoms with E-state index in [2.05, 4.69) is 15.6 Å². The molecule has 2 aromatic carbocycles. The molecule has 0 aliphatic carbocycles. The van der Waals surface area contributed by atoms with Crippen molar-refractivity contribution < 1.29 is 27.6 Å². The Hall–Kier alpha value is -3.48. The number of alkyl halides is 3. The molecular weight excluding hydrogens is 555 g/mol. The predicted molar refractivity (Wildman–Crippen MR) is 142 cm³/mol. The van der Waals surface area contributed by atoms with Crippen molar-refractivity contribution in [3.05, 3.63) is 69.7 Å². The van der Waals surface area contributed by atoms with Crippen LogP contribution in [0.25, 0.3) is 10.6 Å². The second-order valence-corrected chi connectivity index (χ2v) is 10.2. The Morgan fingerprint density at radius 2 is 1.97 bits per heavy atom. The summed E-state index contributed by atoms with van der Waals surface area (Å²) in [4.78, 5) is 44.3. The number of anilines is 1. The molecule has 4 rings (SSSR count). The van der Waals surface area contributed by atoms with Crippen LogP contribution in [0.15, 0.2) is 47.8 Å². The van der Waals surface area contributed by atoms with Crippen molar-refractivity contribution in [3.63, 3.8) is 0 Å². The quantitative estimate of drug-likeness (QED) is 0.375. The molecule has 1 aliphatic rings. The molecule has 206 valence electrons. The number of halogens is 4. The number of carbonyl (C=O) groups excluding carboxylic acids is 3. The summed E-state index contributed by atoms with van der Waals surface area (Å²) in [5, 5.41) is 7.02. The average molecular weight is 580 g/mol. The molecule has 1 aromatic heterocycles. The summed E-state index contributed by atoms with van der Waals surface area (Å²) in [6.45, 7) is 0.521. The second-order valence-electron chi connectivity index (χ2n) is 8.96. The topological polar surface area (TPSA) is 117 Å².